The summed E-state index contributed by atoms with van der Waals surface area (Å²) in [5, 5.41) is 3.02. The van der Waals surface area contributed by atoms with E-state index in [0.717, 1.165) is 19.0 Å². The molecule has 0 aliphatic carbocycles. The van der Waals surface area contributed by atoms with Crippen molar-refractivity contribution in [2.75, 3.05) is 12.4 Å². The predicted molar refractivity (Wildman–Crippen MR) is 53.4 cm³/mol. The quantitative estimate of drug-likeness (QED) is 0.593. The fraction of sp³-hybridized carbons (Fsp3) is 0.400. The lowest BCUT2D eigenvalue weighted by atomic mass is 10.2. The SMILES string of the molecule is Fc1ccc(CNCCCCl)c(F)c1. The molecule has 0 atom stereocenters. The van der Waals surface area contributed by atoms with Crippen LogP contribution in [0.3, 0.4) is 0 Å². The lowest BCUT2D eigenvalue weighted by Crippen LogP contribution is -2.15. The summed E-state index contributed by atoms with van der Waals surface area (Å²) in [5.74, 6) is -0.478. The van der Waals surface area contributed by atoms with E-state index in [1.807, 2.05) is 0 Å². The highest BCUT2D eigenvalue weighted by atomic mass is 35.5. The minimum Gasteiger partial charge on any atom is -0.313 e. The van der Waals surface area contributed by atoms with Crippen molar-refractivity contribution >= 4 is 11.6 Å². The third-order valence-corrected chi connectivity index (χ3v) is 2.09. The number of benzene rings is 1. The van der Waals surface area contributed by atoms with Gasteiger partial charge in [-0.1, -0.05) is 6.07 Å². The minimum atomic E-state index is -0.549. The number of alkyl halides is 1. The van der Waals surface area contributed by atoms with Crippen LogP contribution < -0.4 is 5.32 Å². The zero-order chi connectivity index (χ0) is 10.4. The highest BCUT2D eigenvalue weighted by molar-refractivity contribution is 6.17. The summed E-state index contributed by atoms with van der Waals surface area (Å²) in [5.41, 5.74) is 0.473. The molecular weight excluding hydrogens is 208 g/mol. The van der Waals surface area contributed by atoms with Gasteiger partial charge in [0, 0.05) is 24.1 Å². The fourth-order valence-corrected chi connectivity index (χ4v) is 1.21. The third-order valence-electron chi connectivity index (χ3n) is 1.82. The molecule has 1 rings (SSSR count). The van der Waals surface area contributed by atoms with Crippen LogP contribution in [-0.4, -0.2) is 12.4 Å². The van der Waals surface area contributed by atoms with Crippen LogP contribution in [0.25, 0.3) is 0 Å². The van der Waals surface area contributed by atoms with Gasteiger partial charge in [0.1, 0.15) is 11.6 Å². The standard InChI is InChI=1S/C10H12ClF2N/c11-4-1-5-14-7-8-2-3-9(12)6-10(8)13/h2-3,6,14H,1,4-5,7H2. The largest absolute Gasteiger partial charge is 0.313 e. The average Bonchev–Trinajstić information content (AvgIpc) is 2.15. The molecule has 4 heteroatoms. The summed E-state index contributed by atoms with van der Waals surface area (Å²) in [6.07, 6.45) is 0.838. The van der Waals surface area contributed by atoms with E-state index in [1.54, 1.807) is 0 Å². The summed E-state index contributed by atoms with van der Waals surface area (Å²) in [4.78, 5) is 0. The van der Waals surface area contributed by atoms with Gasteiger partial charge >= 0.3 is 0 Å². The van der Waals surface area contributed by atoms with Gasteiger partial charge in [-0.2, -0.15) is 0 Å². The number of nitrogens with one attached hydrogen (secondary N) is 1. The first-order valence-electron chi connectivity index (χ1n) is 4.44. The van der Waals surface area contributed by atoms with Crippen molar-refractivity contribution in [2.24, 2.45) is 0 Å². The van der Waals surface area contributed by atoms with Crippen molar-refractivity contribution in [3.8, 4) is 0 Å². The topological polar surface area (TPSA) is 12.0 Å². The zero-order valence-electron chi connectivity index (χ0n) is 7.69. The molecule has 0 fully saturated rings. The Balaban J connectivity index is 2.42. The van der Waals surface area contributed by atoms with Gasteiger partial charge in [-0.05, 0) is 19.0 Å². The first-order chi connectivity index (χ1) is 6.74. The molecule has 78 valence electrons. The molecule has 0 unspecified atom stereocenters. The molecule has 1 N–H and O–H groups in total. The van der Waals surface area contributed by atoms with Crippen LogP contribution >= 0.6 is 11.6 Å². The smallest absolute Gasteiger partial charge is 0.130 e. The van der Waals surface area contributed by atoms with E-state index in [9.17, 15) is 8.78 Å². The highest BCUT2D eigenvalue weighted by Gasteiger charge is 2.02. The van der Waals surface area contributed by atoms with Crippen LogP contribution in [0.15, 0.2) is 18.2 Å². The van der Waals surface area contributed by atoms with Crippen molar-refractivity contribution < 1.29 is 8.78 Å². The van der Waals surface area contributed by atoms with E-state index in [-0.39, 0.29) is 0 Å². The van der Waals surface area contributed by atoms with Gasteiger partial charge in [0.15, 0.2) is 0 Å². The maximum Gasteiger partial charge on any atom is 0.130 e. The van der Waals surface area contributed by atoms with Gasteiger partial charge in [-0.3, -0.25) is 0 Å². The Bertz CT molecular complexity index is 291. The minimum absolute atomic E-state index is 0.406. The van der Waals surface area contributed by atoms with Crippen molar-refractivity contribution in [2.45, 2.75) is 13.0 Å². The summed E-state index contributed by atoms with van der Waals surface area (Å²) in [6.45, 7) is 1.14. The maximum atomic E-state index is 13.1. The molecule has 1 aromatic carbocycles. The lowest BCUT2D eigenvalue weighted by Gasteiger charge is -2.04. The highest BCUT2D eigenvalue weighted by Crippen LogP contribution is 2.08. The normalized spacial score (nSPS) is 10.5. The Morgan fingerprint density at radius 3 is 2.71 bits per heavy atom. The summed E-state index contributed by atoms with van der Waals surface area (Å²) >= 11 is 5.47. The van der Waals surface area contributed by atoms with Crippen molar-refractivity contribution in [1.82, 2.24) is 5.32 Å². The molecule has 1 nitrogen and oxygen atoms in total. The second kappa shape index (κ2) is 5.94. The Morgan fingerprint density at radius 2 is 2.07 bits per heavy atom. The third kappa shape index (κ3) is 3.60. The fourth-order valence-electron chi connectivity index (χ4n) is 1.08. The van der Waals surface area contributed by atoms with Gasteiger partial charge in [-0.15, -0.1) is 11.6 Å². The zero-order valence-corrected chi connectivity index (χ0v) is 8.45. The van der Waals surface area contributed by atoms with Gasteiger partial charge in [-0.25, -0.2) is 8.78 Å². The van der Waals surface area contributed by atoms with Crippen molar-refractivity contribution in [3.63, 3.8) is 0 Å². The Morgan fingerprint density at radius 1 is 1.29 bits per heavy atom. The van der Waals surface area contributed by atoms with Gasteiger partial charge in [0.05, 0.1) is 0 Å². The summed E-state index contributed by atoms with van der Waals surface area (Å²) in [6, 6.07) is 3.58. The van der Waals surface area contributed by atoms with E-state index in [2.05, 4.69) is 5.32 Å². The van der Waals surface area contributed by atoms with Gasteiger partial charge in [0.25, 0.3) is 0 Å². The van der Waals surface area contributed by atoms with Crippen molar-refractivity contribution in [1.29, 1.82) is 0 Å². The number of rotatable bonds is 5. The van der Waals surface area contributed by atoms with Crippen LogP contribution in [0.1, 0.15) is 12.0 Å². The van der Waals surface area contributed by atoms with Crippen LogP contribution in [0.4, 0.5) is 8.78 Å². The molecule has 0 heterocycles. The van der Waals surface area contributed by atoms with Crippen LogP contribution in [0, 0.1) is 11.6 Å². The monoisotopic (exact) mass is 219 g/mol. The molecule has 1 aromatic rings. The molecule has 0 bridgehead atoms. The average molecular weight is 220 g/mol. The molecule has 14 heavy (non-hydrogen) atoms. The second-order valence-corrected chi connectivity index (χ2v) is 3.33. The molecule has 0 saturated heterocycles. The van der Waals surface area contributed by atoms with E-state index in [1.165, 1.54) is 12.1 Å². The van der Waals surface area contributed by atoms with Crippen LogP contribution in [0.5, 0.6) is 0 Å². The van der Waals surface area contributed by atoms with E-state index < -0.39 is 11.6 Å². The van der Waals surface area contributed by atoms with Gasteiger partial charge < -0.3 is 5.32 Å². The number of halogens is 3. The number of hydrogen-bond donors (Lipinski definition) is 1. The van der Waals surface area contributed by atoms with Crippen LogP contribution in [-0.2, 0) is 6.54 Å². The number of hydrogen-bond acceptors (Lipinski definition) is 1. The Hall–Kier alpha value is -0.670. The predicted octanol–water partition coefficient (Wildman–Crippen LogP) is 2.68. The maximum absolute atomic E-state index is 13.1. The van der Waals surface area contributed by atoms with E-state index >= 15 is 0 Å². The second-order valence-electron chi connectivity index (χ2n) is 2.96. The molecule has 0 aliphatic heterocycles. The molecule has 0 amide bonds. The Labute approximate surface area is 87.1 Å². The van der Waals surface area contributed by atoms with Crippen molar-refractivity contribution in [3.05, 3.63) is 35.4 Å². The molecular formula is C10H12ClF2N. The summed E-state index contributed by atoms with van der Waals surface area (Å²) in [7, 11) is 0. The first-order valence-corrected chi connectivity index (χ1v) is 4.98. The molecule has 0 aliphatic rings. The lowest BCUT2D eigenvalue weighted by molar-refractivity contribution is 0.560. The molecule has 0 aromatic heterocycles. The summed E-state index contributed by atoms with van der Waals surface area (Å²) < 4.78 is 25.6. The first kappa shape index (κ1) is 11.4. The van der Waals surface area contributed by atoms with Crippen LogP contribution in [0.2, 0.25) is 0 Å². The molecule has 0 spiro atoms. The molecule has 0 radical (unpaired) electrons. The Kier molecular flexibility index (Phi) is 4.84. The van der Waals surface area contributed by atoms with E-state index in [0.29, 0.717) is 18.0 Å². The van der Waals surface area contributed by atoms with E-state index in [4.69, 9.17) is 11.6 Å². The molecule has 0 saturated carbocycles. The van der Waals surface area contributed by atoms with Gasteiger partial charge in [0.2, 0.25) is 0 Å².